The van der Waals surface area contributed by atoms with Crippen molar-refractivity contribution in [3.05, 3.63) is 28.2 Å². The lowest BCUT2D eigenvalue weighted by molar-refractivity contribution is 0.199. The number of halogens is 1. The highest BCUT2D eigenvalue weighted by Gasteiger charge is 2.27. The molecule has 1 saturated carbocycles. The van der Waals surface area contributed by atoms with Crippen molar-refractivity contribution in [3.8, 4) is 0 Å². The van der Waals surface area contributed by atoms with Gasteiger partial charge < -0.3 is 15.0 Å². The van der Waals surface area contributed by atoms with Crippen molar-refractivity contribution >= 4 is 21.6 Å². The molecule has 0 radical (unpaired) electrons. The van der Waals surface area contributed by atoms with E-state index >= 15 is 0 Å². The third kappa shape index (κ3) is 3.70. The number of ether oxygens (including phenoxy) is 1. The van der Waals surface area contributed by atoms with Crippen LogP contribution < -0.4 is 10.2 Å². The molecule has 1 aliphatic rings. The molecule has 0 aliphatic heterocycles. The number of rotatable bonds is 7. The van der Waals surface area contributed by atoms with Crippen LogP contribution >= 0.6 is 15.9 Å². The fraction of sp³-hybridized carbons (Fsp3) is 0.571. The Morgan fingerprint density at radius 1 is 1.44 bits per heavy atom. The van der Waals surface area contributed by atoms with Crippen LogP contribution in [0.5, 0.6) is 0 Å². The highest BCUT2D eigenvalue weighted by atomic mass is 79.9. The van der Waals surface area contributed by atoms with E-state index in [4.69, 9.17) is 4.74 Å². The second kappa shape index (κ2) is 6.55. The van der Waals surface area contributed by atoms with Crippen molar-refractivity contribution in [2.45, 2.75) is 25.4 Å². The van der Waals surface area contributed by atoms with Crippen LogP contribution in [0.3, 0.4) is 0 Å². The molecule has 0 heterocycles. The number of hydrogen-bond acceptors (Lipinski definition) is 3. The van der Waals surface area contributed by atoms with Crippen molar-refractivity contribution < 1.29 is 4.74 Å². The summed E-state index contributed by atoms with van der Waals surface area (Å²) in [6.07, 6.45) is 2.65. The normalized spacial score (nSPS) is 14.8. The molecule has 0 spiro atoms. The van der Waals surface area contributed by atoms with E-state index in [0.717, 1.165) is 30.2 Å². The van der Waals surface area contributed by atoms with Crippen molar-refractivity contribution in [1.82, 2.24) is 5.32 Å². The smallest absolute Gasteiger partial charge is 0.0587 e. The molecular formula is C14H21BrN2O. The van der Waals surface area contributed by atoms with Gasteiger partial charge in [0.2, 0.25) is 0 Å². The Kier molecular flexibility index (Phi) is 5.03. The minimum Gasteiger partial charge on any atom is -0.383 e. The number of hydrogen-bond donors (Lipinski definition) is 1. The lowest BCUT2D eigenvalue weighted by Gasteiger charge is -2.22. The molecule has 1 aliphatic carbocycles. The monoisotopic (exact) mass is 312 g/mol. The first-order valence-corrected chi connectivity index (χ1v) is 7.22. The predicted octanol–water partition coefficient (Wildman–Crippen LogP) is 2.78. The minimum absolute atomic E-state index is 0.740. The first-order valence-electron chi connectivity index (χ1n) is 6.43. The van der Waals surface area contributed by atoms with E-state index in [2.05, 4.69) is 51.4 Å². The maximum Gasteiger partial charge on any atom is 0.0587 e. The fourth-order valence-corrected chi connectivity index (χ4v) is 2.50. The van der Waals surface area contributed by atoms with Gasteiger partial charge in [-0.05, 0) is 36.6 Å². The van der Waals surface area contributed by atoms with Crippen molar-refractivity contribution in [1.29, 1.82) is 0 Å². The fourth-order valence-electron chi connectivity index (χ4n) is 2.10. The minimum atomic E-state index is 0.740. The Morgan fingerprint density at radius 2 is 2.22 bits per heavy atom. The summed E-state index contributed by atoms with van der Waals surface area (Å²) in [5, 5.41) is 3.41. The Labute approximate surface area is 118 Å². The van der Waals surface area contributed by atoms with E-state index in [-0.39, 0.29) is 0 Å². The van der Waals surface area contributed by atoms with Crippen LogP contribution in [0, 0.1) is 0 Å². The van der Waals surface area contributed by atoms with Crippen LogP contribution in [0.15, 0.2) is 22.7 Å². The summed E-state index contributed by atoms with van der Waals surface area (Å²) in [5.41, 5.74) is 2.68. The van der Waals surface area contributed by atoms with Crippen molar-refractivity contribution in [2.24, 2.45) is 0 Å². The van der Waals surface area contributed by atoms with Gasteiger partial charge in [0.25, 0.3) is 0 Å². The zero-order valence-electron chi connectivity index (χ0n) is 11.1. The Bertz CT molecular complexity index is 393. The molecule has 0 bridgehead atoms. The van der Waals surface area contributed by atoms with E-state index < -0.39 is 0 Å². The summed E-state index contributed by atoms with van der Waals surface area (Å²) in [4.78, 5) is 2.40. The topological polar surface area (TPSA) is 24.5 Å². The van der Waals surface area contributed by atoms with E-state index in [0.29, 0.717) is 0 Å². The summed E-state index contributed by atoms with van der Waals surface area (Å²) in [6, 6.07) is 7.26. The summed E-state index contributed by atoms with van der Waals surface area (Å²) in [5.74, 6) is 0. The predicted molar refractivity (Wildman–Crippen MR) is 79.1 cm³/mol. The van der Waals surface area contributed by atoms with Gasteiger partial charge in [-0.1, -0.05) is 15.9 Å². The molecule has 2 rings (SSSR count). The average molecular weight is 313 g/mol. The van der Waals surface area contributed by atoms with Crippen LogP contribution in [-0.2, 0) is 11.3 Å². The van der Waals surface area contributed by atoms with Gasteiger partial charge in [-0.15, -0.1) is 0 Å². The maximum absolute atomic E-state index is 5.05. The molecule has 1 fully saturated rings. The Balaban J connectivity index is 2.03. The molecule has 0 saturated heterocycles. The number of nitrogens with one attached hydrogen (secondary N) is 1. The lowest BCUT2D eigenvalue weighted by atomic mass is 10.1. The van der Waals surface area contributed by atoms with Crippen molar-refractivity contribution in [2.75, 3.05) is 32.2 Å². The van der Waals surface area contributed by atoms with E-state index in [1.165, 1.54) is 24.1 Å². The van der Waals surface area contributed by atoms with Gasteiger partial charge in [-0.3, -0.25) is 0 Å². The number of anilines is 1. The van der Waals surface area contributed by atoms with Gasteiger partial charge in [0.05, 0.1) is 6.61 Å². The summed E-state index contributed by atoms with van der Waals surface area (Å²) >= 11 is 3.55. The molecule has 0 aromatic heterocycles. The van der Waals surface area contributed by atoms with Gasteiger partial charge in [0, 0.05) is 43.4 Å². The Morgan fingerprint density at radius 3 is 2.89 bits per heavy atom. The second-order valence-electron chi connectivity index (χ2n) is 4.78. The van der Waals surface area contributed by atoms with E-state index in [1.807, 2.05) is 0 Å². The zero-order valence-corrected chi connectivity index (χ0v) is 12.7. The molecule has 4 heteroatoms. The number of nitrogens with zero attached hydrogens (tertiary/aromatic N) is 1. The van der Waals surface area contributed by atoms with Gasteiger partial charge in [-0.25, -0.2) is 0 Å². The van der Waals surface area contributed by atoms with Crippen LogP contribution in [0.25, 0.3) is 0 Å². The molecule has 0 amide bonds. The summed E-state index contributed by atoms with van der Waals surface area (Å²) in [7, 11) is 3.92. The van der Waals surface area contributed by atoms with Gasteiger partial charge in [0.15, 0.2) is 0 Å². The maximum atomic E-state index is 5.05. The standard InChI is InChI=1S/C14H21BrN2O/c1-17(13-4-5-13)14-6-3-12(15)9-11(14)10-16-7-8-18-2/h3,6,9,13,16H,4-5,7-8,10H2,1-2H3. The molecule has 1 N–H and O–H groups in total. The number of methoxy groups -OCH3 is 1. The molecule has 0 atom stereocenters. The molecule has 18 heavy (non-hydrogen) atoms. The average Bonchev–Trinajstić information content (AvgIpc) is 3.18. The summed E-state index contributed by atoms with van der Waals surface area (Å²) in [6.45, 7) is 2.52. The first-order chi connectivity index (χ1) is 8.72. The van der Waals surface area contributed by atoms with Crippen LogP contribution in [0.2, 0.25) is 0 Å². The third-order valence-electron chi connectivity index (χ3n) is 3.31. The van der Waals surface area contributed by atoms with Crippen LogP contribution in [0.1, 0.15) is 18.4 Å². The van der Waals surface area contributed by atoms with E-state index in [9.17, 15) is 0 Å². The quantitative estimate of drug-likeness (QED) is 0.784. The molecule has 100 valence electrons. The Hall–Kier alpha value is -0.580. The molecule has 0 unspecified atom stereocenters. The van der Waals surface area contributed by atoms with Crippen molar-refractivity contribution in [3.63, 3.8) is 0 Å². The summed E-state index contributed by atoms with van der Waals surface area (Å²) < 4.78 is 6.19. The highest BCUT2D eigenvalue weighted by Crippen LogP contribution is 2.33. The molecule has 3 nitrogen and oxygen atoms in total. The molecule has 1 aromatic rings. The van der Waals surface area contributed by atoms with Crippen LogP contribution in [0.4, 0.5) is 5.69 Å². The van der Waals surface area contributed by atoms with Crippen LogP contribution in [-0.4, -0.2) is 33.4 Å². The largest absolute Gasteiger partial charge is 0.383 e. The molecule has 1 aromatic carbocycles. The SMILES string of the molecule is COCCNCc1cc(Br)ccc1N(C)C1CC1. The van der Waals surface area contributed by atoms with E-state index in [1.54, 1.807) is 7.11 Å². The number of benzene rings is 1. The third-order valence-corrected chi connectivity index (χ3v) is 3.81. The highest BCUT2D eigenvalue weighted by molar-refractivity contribution is 9.10. The van der Waals surface area contributed by atoms with Gasteiger partial charge in [-0.2, -0.15) is 0 Å². The zero-order chi connectivity index (χ0) is 13.0. The van der Waals surface area contributed by atoms with Gasteiger partial charge in [0.1, 0.15) is 0 Å². The first kappa shape index (κ1) is 13.8. The second-order valence-corrected chi connectivity index (χ2v) is 5.70. The van der Waals surface area contributed by atoms with Gasteiger partial charge >= 0.3 is 0 Å². The lowest BCUT2D eigenvalue weighted by Crippen LogP contribution is -2.24. The molecular weight excluding hydrogens is 292 g/mol.